The molecule has 0 aliphatic rings. The Morgan fingerprint density at radius 1 is 1.19 bits per heavy atom. The van der Waals surface area contributed by atoms with Gasteiger partial charge in [-0.05, 0) is 36.9 Å². The second-order valence-electron chi connectivity index (χ2n) is 5.81. The average molecular weight is 365 g/mol. The van der Waals surface area contributed by atoms with Gasteiger partial charge in [0.25, 0.3) is 5.89 Å². The number of thiophene rings is 1. The molecule has 4 aromatic rings. The minimum atomic E-state index is -0.450. The van der Waals surface area contributed by atoms with Crippen molar-refractivity contribution in [2.75, 3.05) is 0 Å². The Morgan fingerprint density at radius 3 is 2.85 bits per heavy atom. The third-order valence-corrected chi connectivity index (χ3v) is 4.79. The SMILES string of the molecule is Cc1nc2ccccc2c(C)c1C(=O)OCc1nc(-c2ccsc2)no1. The molecule has 0 amide bonds. The van der Waals surface area contributed by atoms with Gasteiger partial charge in [0.05, 0.1) is 16.8 Å². The number of benzene rings is 1. The molecule has 6 nitrogen and oxygen atoms in total. The van der Waals surface area contributed by atoms with E-state index in [4.69, 9.17) is 9.26 Å². The summed E-state index contributed by atoms with van der Waals surface area (Å²) < 4.78 is 10.5. The average Bonchev–Trinajstić information content (AvgIpc) is 3.31. The lowest BCUT2D eigenvalue weighted by Gasteiger charge is -2.11. The maximum Gasteiger partial charge on any atom is 0.340 e. The van der Waals surface area contributed by atoms with Gasteiger partial charge >= 0.3 is 5.97 Å². The van der Waals surface area contributed by atoms with Crippen LogP contribution >= 0.6 is 11.3 Å². The second-order valence-corrected chi connectivity index (χ2v) is 6.59. The molecule has 130 valence electrons. The van der Waals surface area contributed by atoms with Crippen LogP contribution in [0.2, 0.25) is 0 Å². The number of carbonyl (C=O) groups excluding carboxylic acids is 1. The zero-order chi connectivity index (χ0) is 18.1. The van der Waals surface area contributed by atoms with E-state index in [-0.39, 0.29) is 12.5 Å². The summed E-state index contributed by atoms with van der Waals surface area (Å²) in [5, 5.41) is 8.69. The highest BCUT2D eigenvalue weighted by Gasteiger charge is 2.19. The third kappa shape index (κ3) is 2.97. The minimum Gasteiger partial charge on any atom is -0.452 e. The summed E-state index contributed by atoms with van der Waals surface area (Å²) in [5.41, 5.74) is 3.69. The number of nitrogens with zero attached hydrogens (tertiary/aromatic N) is 3. The molecule has 0 unspecified atom stereocenters. The van der Waals surface area contributed by atoms with Gasteiger partial charge in [-0.25, -0.2) is 4.79 Å². The number of pyridine rings is 1. The van der Waals surface area contributed by atoms with Crippen LogP contribution in [-0.2, 0) is 11.3 Å². The Hall–Kier alpha value is -3.06. The van der Waals surface area contributed by atoms with Gasteiger partial charge in [0.2, 0.25) is 5.82 Å². The van der Waals surface area contributed by atoms with Crippen molar-refractivity contribution < 1.29 is 14.1 Å². The quantitative estimate of drug-likeness (QED) is 0.501. The maximum absolute atomic E-state index is 12.6. The highest BCUT2D eigenvalue weighted by molar-refractivity contribution is 7.08. The molecule has 0 N–H and O–H groups in total. The second kappa shape index (κ2) is 6.68. The van der Waals surface area contributed by atoms with Gasteiger partial charge in [-0.15, -0.1) is 0 Å². The van der Waals surface area contributed by atoms with Crippen LogP contribution in [0.1, 0.15) is 27.5 Å². The number of hydrogen-bond donors (Lipinski definition) is 0. The lowest BCUT2D eigenvalue weighted by Crippen LogP contribution is -2.11. The summed E-state index contributed by atoms with van der Waals surface area (Å²) >= 11 is 1.55. The third-order valence-electron chi connectivity index (χ3n) is 4.11. The van der Waals surface area contributed by atoms with Crippen LogP contribution in [0.4, 0.5) is 0 Å². The smallest absolute Gasteiger partial charge is 0.340 e. The van der Waals surface area contributed by atoms with Crippen LogP contribution in [0.3, 0.4) is 0 Å². The Morgan fingerprint density at radius 2 is 2.04 bits per heavy atom. The fourth-order valence-electron chi connectivity index (χ4n) is 2.85. The molecule has 0 atom stereocenters. The fraction of sp³-hybridized carbons (Fsp3) is 0.158. The molecule has 3 heterocycles. The Labute approximate surface area is 153 Å². The van der Waals surface area contributed by atoms with E-state index in [0.29, 0.717) is 17.1 Å². The normalized spacial score (nSPS) is 11.0. The van der Waals surface area contributed by atoms with Gasteiger partial charge in [-0.1, -0.05) is 23.4 Å². The van der Waals surface area contributed by atoms with Crippen molar-refractivity contribution in [3.05, 3.63) is 63.8 Å². The molecule has 7 heteroatoms. The number of hydrogen-bond acceptors (Lipinski definition) is 7. The molecule has 0 aliphatic heterocycles. The first-order valence-corrected chi connectivity index (χ1v) is 8.96. The first kappa shape index (κ1) is 16.4. The van der Waals surface area contributed by atoms with Crippen molar-refractivity contribution >= 4 is 28.2 Å². The van der Waals surface area contributed by atoms with Crippen molar-refractivity contribution in [1.29, 1.82) is 0 Å². The van der Waals surface area contributed by atoms with Crippen LogP contribution < -0.4 is 0 Å². The van der Waals surface area contributed by atoms with E-state index in [9.17, 15) is 4.79 Å². The van der Waals surface area contributed by atoms with E-state index in [1.165, 1.54) is 0 Å². The molecule has 0 spiro atoms. The number of rotatable bonds is 4. The molecule has 1 aromatic carbocycles. The van der Waals surface area contributed by atoms with E-state index in [2.05, 4.69) is 15.1 Å². The van der Waals surface area contributed by atoms with Crippen LogP contribution in [0.25, 0.3) is 22.3 Å². The van der Waals surface area contributed by atoms with Gasteiger partial charge in [0, 0.05) is 16.3 Å². The number of aryl methyl sites for hydroxylation is 2. The van der Waals surface area contributed by atoms with Crippen molar-refractivity contribution in [3.8, 4) is 11.4 Å². The molecule has 0 saturated heterocycles. The van der Waals surface area contributed by atoms with Gasteiger partial charge in [0.1, 0.15) is 0 Å². The highest BCUT2D eigenvalue weighted by atomic mass is 32.1. The highest BCUT2D eigenvalue weighted by Crippen LogP contribution is 2.24. The van der Waals surface area contributed by atoms with Gasteiger partial charge in [0.15, 0.2) is 6.61 Å². The summed E-state index contributed by atoms with van der Waals surface area (Å²) in [6, 6.07) is 9.62. The predicted octanol–water partition coefficient (Wildman–Crippen LogP) is 4.32. The summed E-state index contributed by atoms with van der Waals surface area (Å²) in [5.74, 6) is 0.286. The lowest BCUT2D eigenvalue weighted by atomic mass is 10.0. The Bertz CT molecular complexity index is 1090. The van der Waals surface area contributed by atoms with E-state index in [1.807, 2.05) is 48.0 Å². The summed E-state index contributed by atoms with van der Waals surface area (Å²) in [6.45, 7) is 3.62. The maximum atomic E-state index is 12.6. The summed E-state index contributed by atoms with van der Waals surface area (Å²) in [7, 11) is 0. The predicted molar refractivity (Wildman–Crippen MR) is 97.9 cm³/mol. The molecule has 0 bridgehead atoms. The Kier molecular flexibility index (Phi) is 4.22. The van der Waals surface area contributed by atoms with Gasteiger partial charge in [-0.2, -0.15) is 16.3 Å². The lowest BCUT2D eigenvalue weighted by molar-refractivity contribution is 0.0428. The van der Waals surface area contributed by atoms with Crippen molar-refractivity contribution in [2.45, 2.75) is 20.5 Å². The number of carbonyl (C=O) groups is 1. The molecule has 4 rings (SSSR count). The first-order valence-electron chi connectivity index (χ1n) is 8.01. The molecular formula is C19H15N3O3S. The standard InChI is InChI=1S/C19H15N3O3S/c1-11-14-5-3-4-6-15(14)20-12(2)17(11)19(23)24-9-16-21-18(22-25-16)13-7-8-26-10-13/h3-8,10H,9H2,1-2H3. The van der Waals surface area contributed by atoms with Crippen LogP contribution in [0.5, 0.6) is 0 Å². The molecule has 0 fully saturated rings. The molecule has 0 saturated carbocycles. The molecule has 0 radical (unpaired) electrons. The molecule has 3 aromatic heterocycles. The summed E-state index contributed by atoms with van der Waals surface area (Å²) in [6.07, 6.45) is 0. The van der Waals surface area contributed by atoms with Crippen LogP contribution in [0.15, 0.2) is 45.6 Å². The van der Waals surface area contributed by atoms with Crippen molar-refractivity contribution in [2.24, 2.45) is 0 Å². The van der Waals surface area contributed by atoms with E-state index in [1.54, 1.807) is 18.3 Å². The first-order chi connectivity index (χ1) is 12.6. The molecule has 26 heavy (non-hydrogen) atoms. The largest absolute Gasteiger partial charge is 0.452 e. The van der Waals surface area contributed by atoms with Gasteiger partial charge < -0.3 is 9.26 Å². The topological polar surface area (TPSA) is 78.1 Å². The fourth-order valence-corrected chi connectivity index (χ4v) is 3.49. The van der Waals surface area contributed by atoms with Crippen LogP contribution in [0, 0.1) is 13.8 Å². The zero-order valence-electron chi connectivity index (χ0n) is 14.2. The minimum absolute atomic E-state index is 0.0817. The van der Waals surface area contributed by atoms with Crippen molar-refractivity contribution in [1.82, 2.24) is 15.1 Å². The monoisotopic (exact) mass is 365 g/mol. The zero-order valence-corrected chi connectivity index (χ0v) is 15.0. The molecule has 0 aliphatic carbocycles. The number of para-hydroxylation sites is 1. The number of esters is 1. The number of fused-ring (bicyclic) bond motifs is 1. The number of aromatic nitrogens is 3. The van der Waals surface area contributed by atoms with Crippen LogP contribution in [-0.4, -0.2) is 21.1 Å². The van der Waals surface area contributed by atoms with E-state index in [0.717, 1.165) is 22.0 Å². The van der Waals surface area contributed by atoms with Crippen molar-refractivity contribution in [3.63, 3.8) is 0 Å². The number of ether oxygens (including phenoxy) is 1. The van der Waals surface area contributed by atoms with E-state index < -0.39 is 5.97 Å². The molecular weight excluding hydrogens is 350 g/mol. The Balaban J connectivity index is 1.55. The van der Waals surface area contributed by atoms with E-state index >= 15 is 0 Å². The van der Waals surface area contributed by atoms with Gasteiger partial charge in [-0.3, -0.25) is 4.98 Å². The summed E-state index contributed by atoms with van der Waals surface area (Å²) in [4.78, 5) is 21.3.